The predicted octanol–water partition coefficient (Wildman–Crippen LogP) is 1.87. The second-order valence-corrected chi connectivity index (χ2v) is 7.69. The molecule has 2 heterocycles. The molecule has 0 spiro atoms. The number of sulfonamides is 1. The maximum atomic E-state index is 12.7. The van der Waals surface area contributed by atoms with Crippen LogP contribution in [0.4, 0.5) is 5.69 Å². The van der Waals surface area contributed by atoms with Gasteiger partial charge in [0.05, 0.1) is 17.3 Å². The van der Waals surface area contributed by atoms with Crippen LogP contribution in [0.1, 0.15) is 19.8 Å². The maximum Gasteiger partial charge on any atom is 0.244 e. The van der Waals surface area contributed by atoms with Gasteiger partial charge in [-0.2, -0.15) is 4.31 Å². The van der Waals surface area contributed by atoms with Crippen LogP contribution in [0.2, 0.25) is 5.02 Å². The highest BCUT2D eigenvalue weighted by Gasteiger charge is 2.32. The van der Waals surface area contributed by atoms with Gasteiger partial charge in [0, 0.05) is 26.1 Å². The van der Waals surface area contributed by atoms with Crippen LogP contribution in [0, 0.1) is 0 Å². The first-order chi connectivity index (χ1) is 10.4. The molecule has 3 rings (SSSR count). The predicted molar refractivity (Wildman–Crippen MR) is 83.0 cm³/mol. The van der Waals surface area contributed by atoms with E-state index in [-0.39, 0.29) is 15.8 Å². The van der Waals surface area contributed by atoms with E-state index >= 15 is 0 Å². The van der Waals surface area contributed by atoms with Crippen LogP contribution in [-0.4, -0.2) is 44.9 Å². The number of hydrogen-bond donors (Lipinski definition) is 0. The van der Waals surface area contributed by atoms with Crippen molar-refractivity contribution < 1.29 is 17.9 Å². The third kappa shape index (κ3) is 2.57. The number of ether oxygens (including phenoxy) is 1. The Morgan fingerprint density at radius 3 is 2.55 bits per heavy atom. The van der Waals surface area contributed by atoms with Gasteiger partial charge in [-0.1, -0.05) is 11.6 Å². The van der Waals surface area contributed by atoms with Crippen LogP contribution in [0.3, 0.4) is 0 Å². The third-order valence-electron chi connectivity index (χ3n) is 3.94. The first-order valence-electron chi connectivity index (χ1n) is 7.16. The van der Waals surface area contributed by atoms with Gasteiger partial charge >= 0.3 is 0 Å². The van der Waals surface area contributed by atoms with Crippen LogP contribution >= 0.6 is 11.6 Å². The normalized spacial score (nSPS) is 18.9. The molecule has 0 saturated carbocycles. The Kier molecular flexibility index (Phi) is 4.05. The van der Waals surface area contributed by atoms with Crippen molar-refractivity contribution in [2.24, 2.45) is 0 Å². The van der Waals surface area contributed by atoms with Gasteiger partial charge in [0.1, 0.15) is 17.3 Å². The zero-order valence-electron chi connectivity index (χ0n) is 12.2. The van der Waals surface area contributed by atoms with Crippen molar-refractivity contribution >= 4 is 33.2 Å². The minimum absolute atomic E-state index is 0.0419. The van der Waals surface area contributed by atoms with Crippen LogP contribution in [0.25, 0.3) is 0 Å². The van der Waals surface area contributed by atoms with E-state index < -0.39 is 10.0 Å². The fourth-order valence-corrected chi connectivity index (χ4v) is 4.84. The lowest BCUT2D eigenvalue weighted by molar-refractivity contribution is -0.116. The number of anilines is 1. The molecule has 2 aliphatic heterocycles. The molecule has 1 amide bonds. The quantitative estimate of drug-likeness (QED) is 0.821. The van der Waals surface area contributed by atoms with E-state index in [0.29, 0.717) is 37.7 Å². The highest BCUT2D eigenvalue weighted by Crippen LogP contribution is 2.39. The van der Waals surface area contributed by atoms with Gasteiger partial charge < -0.3 is 9.64 Å². The Morgan fingerprint density at radius 2 is 1.91 bits per heavy atom. The molecule has 0 aliphatic carbocycles. The number of amides is 1. The Morgan fingerprint density at radius 1 is 1.23 bits per heavy atom. The molecule has 0 aromatic heterocycles. The van der Waals surface area contributed by atoms with E-state index in [1.165, 1.54) is 28.3 Å². The van der Waals surface area contributed by atoms with Crippen molar-refractivity contribution in [1.82, 2.24) is 4.31 Å². The molecular weight excluding hydrogens is 328 g/mol. The summed E-state index contributed by atoms with van der Waals surface area (Å²) >= 11 is 6.19. The van der Waals surface area contributed by atoms with Crippen molar-refractivity contribution in [1.29, 1.82) is 0 Å². The highest BCUT2D eigenvalue weighted by molar-refractivity contribution is 7.89. The number of carbonyl (C=O) groups excluding carboxylic acids is 1. The molecule has 0 radical (unpaired) electrons. The van der Waals surface area contributed by atoms with E-state index in [1.807, 2.05) is 0 Å². The van der Waals surface area contributed by atoms with Crippen LogP contribution in [-0.2, 0) is 14.8 Å². The van der Waals surface area contributed by atoms with Gasteiger partial charge in [0.2, 0.25) is 15.9 Å². The zero-order chi connectivity index (χ0) is 15.9. The molecular formula is C14H17ClN2O4S. The third-order valence-corrected chi connectivity index (χ3v) is 6.30. The summed E-state index contributed by atoms with van der Waals surface area (Å²) in [6.07, 6.45) is 1.72. The van der Waals surface area contributed by atoms with Gasteiger partial charge in [0.15, 0.2) is 0 Å². The summed E-state index contributed by atoms with van der Waals surface area (Å²) < 4.78 is 32.3. The Labute approximate surface area is 134 Å². The first kappa shape index (κ1) is 15.6. The number of nitrogens with zero attached hydrogens (tertiary/aromatic N) is 2. The van der Waals surface area contributed by atoms with Crippen molar-refractivity contribution in [3.63, 3.8) is 0 Å². The van der Waals surface area contributed by atoms with Crippen molar-refractivity contribution in [2.45, 2.75) is 24.7 Å². The molecule has 0 unspecified atom stereocenters. The second-order valence-electron chi connectivity index (χ2n) is 5.38. The number of fused-ring (bicyclic) bond motifs is 1. The minimum atomic E-state index is -3.62. The maximum absolute atomic E-state index is 12.7. The molecule has 1 aromatic carbocycles. The fourth-order valence-electron chi connectivity index (χ4n) is 2.81. The average Bonchev–Trinajstić information content (AvgIpc) is 3.00. The van der Waals surface area contributed by atoms with E-state index in [4.69, 9.17) is 16.3 Å². The topological polar surface area (TPSA) is 66.9 Å². The Balaban J connectivity index is 2.06. The smallest absolute Gasteiger partial charge is 0.244 e. The van der Waals surface area contributed by atoms with Gasteiger partial charge in [-0.15, -0.1) is 0 Å². The van der Waals surface area contributed by atoms with Crippen LogP contribution < -0.4 is 9.64 Å². The molecule has 22 heavy (non-hydrogen) atoms. The summed E-state index contributed by atoms with van der Waals surface area (Å²) in [5, 5.41) is 0.113. The number of benzene rings is 1. The number of rotatable bonds is 2. The average molecular weight is 345 g/mol. The Hall–Kier alpha value is -1.31. The molecule has 6 nitrogen and oxygen atoms in total. The fraction of sp³-hybridized carbons (Fsp3) is 0.500. The first-order valence-corrected chi connectivity index (χ1v) is 8.97. The van der Waals surface area contributed by atoms with Crippen molar-refractivity contribution in [2.75, 3.05) is 31.1 Å². The highest BCUT2D eigenvalue weighted by atomic mass is 35.5. The van der Waals surface area contributed by atoms with Gasteiger partial charge in [-0.05, 0) is 18.9 Å². The molecule has 2 aliphatic rings. The lowest BCUT2D eigenvalue weighted by atomic mass is 10.2. The van der Waals surface area contributed by atoms with Gasteiger partial charge in [-0.25, -0.2) is 8.42 Å². The van der Waals surface area contributed by atoms with E-state index in [2.05, 4.69) is 0 Å². The monoisotopic (exact) mass is 344 g/mol. The van der Waals surface area contributed by atoms with Gasteiger partial charge in [-0.3, -0.25) is 4.79 Å². The molecule has 1 aromatic rings. The zero-order valence-corrected chi connectivity index (χ0v) is 13.8. The standard InChI is InChI=1S/C14H17ClN2O4S/c1-10(18)17-6-7-21-13-9-14(11(15)8-12(13)17)22(19,20)16-4-2-3-5-16/h8-9H,2-7H2,1H3. The summed E-state index contributed by atoms with van der Waals surface area (Å²) in [4.78, 5) is 13.2. The number of carbonyl (C=O) groups is 1. The molecule has 8 heteroatoms. The number of halogens is 1. The second kappa shape index (κ2) is 5.72. The van der Waals surface area contributed by atoms with Crippen molar-refractivity contribution in [3.8, 4) is 5.75 Å². The largest absolute Gasteiger partial charge is 0.489 e. The summed E-state index contributed by atoms with van der Waals surface area (Å²) in [6.45, 7) is 3.23. The summed E-state index contributed by atoms with van der Waals surface area (Å²) in [5.41, 5.74) is 0.518. The van der Waals surface area contributed by atoms with Crippen LogP contribution in [0.15, 0.2) is 17.0 Å². The summed E-state index contributed by atoms with van der Waals surface area (Å²) in [7, 11) is -3.62. The summed E-state index contributed by atoms with van der Waals surface area (Å²) in [6, 6.07) is 2.93. The Bertz CT molecular complexity index is 714. The van der Waals surface area contributed by atoms with Crippen LogP contribution in [0.5, 0.6) is 5.75 Å². The molecule has 0 N–H and O–H groups in total. The molecule has 0 bridgehead atoms. The van der Waals surface area contributed by atoms with E-state index in [0.717, 1.165) is 12.8 Å². The molecule has 0 atom stereocenters. The van der Waals surface area contributed by atoms with E-state index in [9.17, 15) is 13.2 Å². The summed E-state index contributed by atoms with van der Waals surface area (Å²) in [5.74, 6) is 0.249. The molecule has 120 valence electrons. The number of hydrogen-bond acceptors (Lipinski definition) is 4. The minimum Gasteiger partial charge on any atom is -0.489 e. The lowest BCUT2D eigenvalue weighted by Gasteiger charge is -2.29. The lowest BCUT2D eigenvalue weighted by Crippen LogP contribution is -2.36. The van der Waals surface area contributed by atoms with Crippen molar-refractivity contribution in [3.05, 3.63) is 17.2 Å². The molecule has 1 fully saturated rings. The van der Waals surface area contributed by atoms with E-state index in [1.54, 1.807) is 0 Å². The SMILES string of the molecule is CC(=O)N1CCOc2cc(S(=O)(=O)N3CCCC3)c(Cl)cc21. The van der Waals surface area contributed by atoms with Gasteiger partial charge in [0.25, 0.3) is 0 Å². The molecule has 1 saturated heterocycles.